The van der Waals surface area contributed by atoms with Gasteiger partial charge in [0, 0.05) is 32.6 Å². The minimum Gasteiger partial charge on any atom is -0.481 e. The summed E-state index contributed by atoms with van der Waals surface area (Å²) in [6, 6.07) is 0. The molecule has 18 heavy (non-hydrogen) atoms. The van der Waals surface area contributed by atoms with Crippen molar-refractivity contribution in [3.05, 3.63) is 0 Å². The van der Waals surface area contributed by atoms with Crippen molar-refractivity contribution in [2.45, 2.75) is 32.1 Å². The number of carboxylic acids is 1. The highest BCUT2D eigenvalue weighted by molar-refractivity contribution is 5.76. The van der Waals surface area contributed by atoms with Crippen LogP contribution in [0.15, 0.2) is 0 Å². The second-order valence-corrected chi connectivity index (χ2v) is 5.32. The van der Waals surface area contributed by atoms with E-state index in [-0.39, 0.29) is 11.8 Å². The molecule has 2 heterocycles. The Morgan fingerprint density at radius 3 is 2.50 bits per heavy atom. The van der Waals surface area contributed by atoms with Gasteiger partial charge in [0.15, 0.2) is 0 Å². The van der Waals surface area contributed by atoms with Crippen molar-refractivity contribution in [3.63, 3.8) is 0 Å². The van der Waals surface area contributed by atoms with Gasteiger partial charge in [0.1, 0.15) is 0 Å². The van der Waals surface area contributed by atoms with Crippen LogP contribution in [0.2, 0.25) is 0 Å². The van der Waals surface area contributed by atoms with Gasteiger partial charge in [0.05, 0.1) is 5.92 Å². The van der Waals surface area contributed by atoms with Crippen molar-refractivity contribution in [1.29, 1.82) is 0 Å². The number of hydrogen-bond acceptors (Lipinski definition) is 3. The van der Waals surface area contributed by atoms with Crippen LogP contribution in [0.5, 0.6) is 0 Å². The average molecular weight is 254 g/mol. The molecule has 1 atom stereocenters. The molecule has 0 radical (unpaired) electrons. The first kappa shape index (κ1) is 13.3. The highest BCUT2D eigenvalue weighted by atomic mass is 16.4. The van der Waals surface area contributed by atoms with Gasteiger partial charge >= 0.3 is 5.97 Å². The van der Waals surface area contributed by atoms with Gasteiger partial charge in [-0.05, 0) is 32.2 Å². The van der Waals surface area contributed by atoms with Crippen molar-refractivity contribution in [1.82, 2.24) is 9.80 Å². The molecule has 5 nitrogen and oxygen atoms in total. The van der Waals surface area contributed by atoms with Crippen LogP contribution >= 0.6 is 0 Å². The number of hydrogen-bond donors (Lipinski definition) is 1. The fourth-order valence-corrected chi connectivity index (χ4v) is 2.84. The summed E-state index contributed by atoms with van der Waals surface area (Å²) in [5.74, 6) is -0.726. The SMILES string of the molecule is O=C(O)C1CCCN(CCC(=O)N2CCCC2)C1. The van der Waals surface area contributed by atoms with Crippen molar-refractivity contribution in [2.75, 3.05) is 32.7 Å². The molecular weight excluding hydrogens is 232 g/mol. The smallest absolute Gasteiger partial charge is 0.307 e. The maximum atomic E-state index is 11.9. The predicted octanol–water partition coefficient (Wildman–Crippen LogP) is 0.795. The first-order valence-electron chi connectivity index (χ1n) is 6.90. The molecular formula is C13H22N2O3. The number of rotatable bonds is 4. The molecule has 0 bridgehead atoms. The van der Waals surface area contributed by atoms with Crippen molar-refractivity contribution in [2.24, 2.45) is 5.92 Å². The third-order valence-electron chi connectivity index (χ3n) is 3.96. The largest absolute Gasteiger partial charge is 0.481 e. The first-order valence-corrected chi connectivity index (χ1v) is 6.90. The summed E-state index contributed by atoms with van der Waals surface area (Å²) in [6.45, 7) is 4.03. The Hall–Kier alpha value is -1.10. The van der Waals surface area contributed by atoms with E-state index in [0.29, 0.717) is 19.5 Å². The van der Waals surface area contributed by atoms with Crippen LogP contribution < -0.4 is 0 Å². The van der Waals surface area contributed by atoms with Gasteiger partial charge in [-0.15, -0.1) is 0 Å². The Morgan fingerprint density at radius 1 is 1.11 bits per heavy atom. The minimum absolute atomic E-state index is 0.227. The lowest BCUT2D eigenvalue weighted by atomic mass is 9.98. The monoisotopic (exact) mass is 254 g/mol. The van der Waals surface area contributed by atoms with Crippen LogP contribution in [0.1, 0.15) is 32.1 Å². The summed E-state index contributed by atoms with van der Waals surface area (Å²) < 4.78 is 0. The Kier molecular flexibility index (Phi) is 4.58. The molecule has 0 aromatic carbocycles. The summed E-state index contributed by atoms with van der Waals surface area (Å²) in [6.07, 6.45) is 4.47. The van der Waals surface area contributed by atoms with E-state index in [1.54, 1.807) is 0 Å². The summed E-state index contributed by atoms with van der Waals surface area (Å²) in [5, 5.41) is 9.00. The van der Waals surface area contributed by atoms with E-state index in [0.717, 1.165) is 45.3 Å². The lowest BCUT2D eigenvalue weighted by Crippen LogP contribution is -2.40. The van der Waals surface area contributed by atoms with E-state index in [2.05, 4.69) is 4.90 Å². The van der Waals surface area contributed by atoms with Gasteiger partial charge in [-0.25, -0.2) is 0 Å². The number of amides is 1. The topological polar surface area (TPSA) is 60.9 Å². The van der Waals surface area contributed by atoms with Crippen LogP contribution in [0, 0.1) is 5.92 Å². The van der Waals surface area contributed by atoms with Gasteiger partial charge < -0.3 is 14.9 Å². The fraction of sp³-hybridized carbons (Fsp3) is 0.846. The quantitative estimate of drug-likeness (QED) is 0.806. The lowest BCUT2D eigenvalue weighted by Gasteiger charge is -2.30. The Morgan fingerprint density at radius 2 is 1.83 bits per heavy atom. The molecule has 2 aliphatic heterocycles. The number of carboxylic acid groups (broad SMARTS) is 1. The Labute approximate surface area is 108 Å². The zero-order valence-corrected chi connectivity index (χ0v) is 10.8. The number of piperidine rings is 1. The first-order chi connectivity index (χ1) is 8.66. The van der Waals surface area contributed by atoms with E-state index < -0.39 is 5.97 Å². The van der Waals surface area contributed by atoms with Crippen LogP contribution in [0.3, 0.4) is 0 Å². The average Bonchev–Trinajstić information content (AvgIpc) is 2.90. The van der Waals surface area contributed by atoms with E-state index in [1.807, 2.05) is 4.90 Å². The zero-order valence-electron chi connectivity index (χ0n) is 10.8. The molecule has 0 saturated carbocycles. The number of aliphatic carboxylic acids is 1. The number of carbonyl (C=O) groups is 2. The maximum Gasteiger partial charge on any atom is 0.307 e. The number of nitrogens with zero attached hydrogens (tertiary/aromatic N) is 2. The standard InChI is InChI=1S/C13H22N2O3/c16-12(15-7-1-2-8-15)5-9-14-6-3-4-11(10-14)13(17)18/h11H,1-10H2,(H,17,18). The van der Waals surface area contributed by atoms with Crippen LogP contribution in [0.25, 0.3) is 0 Å². The molecule has 2 aliphatic rings. The Balaban J connectivity index is 1.72. The molecule has 102 valence electrons. The van der Waals surface area contributed by atoms with Gasteiger partial charge in [0.25, 0.3) is 0 Å². The van der Waals surface area contributed by atoms with E-state index >= 15 is 0 Å². The Bertz CT molecular complexity index is 313. The van der Waals surface area contributed by atoms with Crippen LogP contribution in [-0.4, -0.2) is 59.5 Å². The zero-order chi connectivity index (χ0) is 13.0. The second-order valence-electron chi connectivity index (χ2n) is 5.32. The predicted molar refractivity (Wildman–Crippen MR) is 67.2 cm³/mol. The third-order valence-corrected chi connectivity index (χ3v) is 3.96. The summed E-state index contributed by atoms with van der Waals surface area (Å²) in [7, 11) is 0. The molecule has 1 amide bonds. The number of likely N-dealkylation sites (tertiary alicyclic amines) is 2. The summed E-state index contributed by atoms with van der Waals surface area (Å²) in [5.41, 5.74) is 0. The second kappa shape index (κ2) is 6.18. The molecule has 2 saturated heterocycles. The maximum absolute atomic E-state index is 11.9. The minimum atomic E-state index is -0.703. The van der Waals surface area contributed by atoms with Gasteiger partial charge in [-0.2, -0.15) is 0 Å². The van der Waals surface area contributed by atoms with Crippen LogP contribution in [-0.2, 0) is 9.59 Å². The summed E-state index contributed by atoms with van der Waals surface area (Å²) in [4.78, 5) is 26.9. The highest BCUT2D eigenvalue weighted by Gasteiger charge is 2.26. The van der Waals surface area contributed by atoms with Crippen molar-refractivity contribution in [3.8, 4) is 0 Å². The molecule has 1 N–H and O–H groups in total. The molecule has 2 rings (SSSR count). The highest BCUT2D eigenvalue weighted by Crippen LogP contribution is 2.17. The van der Waals surface area contributed by atoms with Gasteiger partial charge in [0.2, 0.25) is 5.91 Å². The van der Waals surface area contributed by atoms with E-state index in [9.17, 15) is 9.59 Å². The lowest BCUT2D eigenvalue weighted by molar-refractivity contribution is -0.143. The van der Waals surface area contributed by atoms with Gasteiger partial charge in [-0.3, -0.25) is 9.59 Å². The molecule has 0 aromatic heterocycles. The van der Waals surface area contributed by atoms with E-state index in [1.165, 1.54) is 0 Å². The normalized spacial score (nSPS) is 25.3. The fourth-order valence-electron chi connectivity index (χ4n) is 2.84. The number of carbonyl (C=O) groups excluding carboxylic acids is 1. The van der Waals surface area contributed by atoms with Crippen LogP contribution in [0.4, 0.5) is 0 Å². The molecule has 1 unspecified atom stereocenters. The molecule has 0 spiro atoms. The molecule has 0 aliphatic carbocycles. The molecule has 5 heteroatoms. The molecule has 0 aromatic rings. The third kappa shape index (κ3) is 3.45. The molecule has 2 fully saturated rings. The van der Waals surface area contributed by atoms with Crippen molar-refractivity contribution < 1.29 is 14.7 Å². The van der Waals surface area contributed by atoms with Gasteiger partial charge in [-0.1, -0.05) is 0 Å². The van der Waals surface area contributed by atoms with Crippen molar-refractivity contribution >= 4 is 11.9 Å². The van der Waals surface area contributed by atoms with E-state index in [4.69, 9.17) is 5.11 Å². The summed E-state index contributed by atoms with van der Waals surface area (Å²) >= 11 is 0.